The molecule has 5 heteroatoms. The Morgan fingerprint density at radius 3 is 3.10 bits per heavy atom. The molecule has 0 bridgehead atoms. The Labute approximate surface area is 127 Å². The molecular weight excluding hydrogens is 325 g/mol. The first-order valence-electron chi connectivity index (χ1n) is 6.90. The van der Waals surface area contributed by atoms with Crippen LogP contribution >= 0.6 is 15.9 Å². The molecule has 0 aromatic heterocycles. The van der Waals surface area contributed by atoms with Gasteiger partial charge in [-0.15, -0.1) is 0 Å². The standard InChI is InChI=1S/C15H19BrFNO2/c1-2-5-18-6-7-20-15(10-18)14(19)9-11-8-12(17)3-4-13(11)16/h3-4,8,15H,2,5-7,9-10H2,1H3. The second kappa shape index (κ2) is 7.29. The minimum absolute atomic E-state index is 0.0112. The maximum absolute atomic E-state index is 13.2. The third-order valence-corrected chi connectivity index (χ3v) is 4.20. The summed E-state index contributed by atoms with van der Waals surface area (Å²) in [5, 5.41) is 0. The fraction of sp³-hybridized carbons (Fsp3) is 0.533. The highest BCUT2D eigenvalue weighted by Gasteiger charge is 2.26. The van der Waals surface area contributed by atoms with E-state index >= 15 is 0 Å². The van der Waals surface area contributed by atoms with Crippen LogP contribution in [0.4, 0.5) is 4.39 Å². The summed E-state index contributed by atoms with van der Waals surface area (Å²) in [4.78, 5) is 14.5. The quantitative estimate of drug-likeness (QED) is 0.823. The van der Waals surface area contributed by atoms with Gasteiger partial charge in [0.15, 0.2) is 5.78 Å². The van der Waals surface area contributed by atoms with E-state index in [1.165, 1.54) is 12.1 Å². The van der Waals surface area contributed by atoms with E-state index in [-0.39, 0.29) is 18.0 Å². The van der Waals surface area contributed by atoms with Gasteiger partial charge in [-0.05, 0) is 36.7 Å². The molecular formula is C15H19BrFNO2. The van der Waals surface area contributed by atoms with Crippen LogP contribution < -0.4 is 0 Å². The molecule has 1 aliphatic heterocycles. The second-order valence-corrected chi connectivity index (χ2v) is 5.89. The van der Waals surface area contributed by atoms with Gasteiger partial charge in [-0.1, -0.05) is 22.9 Å². The molecule has 0 amide bonds. The van der Waals surface area contributed by atoms with Crippen LogP contribution in [0.1, 0.15) is 18.9 Å². The molecule has 3 nitrogen and oxygen atoms in total. The van der Waals surface area contributed by atoms with Gasteiger partial charge in [0.1, 0.15) is 11.9 Å². The van der Waals surface area contributed by atoms with Crippen molar-refractivity contribution >= 4 is 21.7 Å². The summed E-state index contributed by atoms with van der Waals surface area (Å²) in [5.41, 5.74) is 0.672. The van der Waals surface area contributed by atoms with E-state index in [1.807, 2.05) is 0 Å². The van der Waals surface area contributed by atoms with Crippen molar-refractivity contribution in [1.29, 1.82) is 0 Å². The van der Waals surface area contributed by atoms with Gasteiger partial charge in [-0.2, -0.15) is 0 Å². The molecule has 1 aromatic carbocycles. The van der Waals surface area contributed by atoms with E-state index in [0.717, 1.165) is 24.0 Å². The summed E-state index contributed by atoms with van der Waals surface area (Å²) in [6.07, 6.45) is 0.866. The summed E-state index contributed by atoms with van der Waals surface area (Å²) >= 11 is 3.35. The zero-order chi connectivity index (χ0) is 14.5. The fourth-order valence-electron chi connectivity index (χ4n) is 2.40. The third-order valence-electron chi connectivity index (χ3n) is 3.42. The lowest BCUT2D eigenvalue weighted by atomic mass is 10.0. The van der Waals surface area contributed by atoms with Crippen molar-refractivity contribution in [2.24, 2.45) is 0 Å². The number of ketones is 1. The van der Waals surface area contributed by atoms with Gasteiger partial charge in [0.25, 0.3) is 0 Å². The smallest absolute Gasteiger partial charge is 0.167 e. The van der Waals surface area contributed by atoms with E-state index in [9.17, 15) is 9.18 Å². The number of ether oxygens (including phenoxy) is 1. The van der Waals surface area contributed by atoms with Crippen LogP contribution in [0.2, 0.25) is 0 Å². The number of nitrogens with zero attached hydrogens (tertiary/aromatic N) is 1. The highest BCUT2D eigenvalue weighted by molar-refractivity contribution is 9.10. The molecule has 110 valence electrons. The number of rotatable bonds is 5. The number of morpholine rings is 1. The Morgan fingerprint density at radius 2 is 2.35 bits per heavy atom. The lowest BCUT2D eigenvalue weighted by Gasteiger charge is -2.31. The Hall–Kier alpha value is -0.780. The van der Waals surface area contributed by atoms with Crippen molar-refractivity contribution in [3.63, 3.8) is 0 Å². The number of Topliss-reactive ketones (excluding diaryl/α,β-unsaturated/α-hetero) is 1. The van der Waals surface area contributed by atoms with Gasteiger partial charge >= 0.3 is 0 Å². The molecule has 1 heterocycles. The van der Waals surface area contributed by atoms with E-state index in [4.69, 9.17) is 4.74 Å². The molecule has 0 aliphatic carbocycles. The highest BCUT2D eigenvalue weighted by atomic mass is 79.9. The predicted molar refractivity (Wildman–Crippen MR) is 79.3 cm³/mol. The van der Waals surface area contributed by atoms with Gasteiger partial charge < -0.3 is 4.74 Å². The van der Waals surface area contributed by atoms with Gasteiger partial charge in [0.05, 0.1) is 6.61 Å². The maximum Gasteiger partial charge on any atom is 0.167 e. The molecule has 1 aliphatic rings. The predicted octanol–water partition coefficient (Wildman–Crippen LogP) is 2.81. The lowest BCUT2D eigenvalue weighted by Crippen LogP contribution is -2.46. The summed E-state index contributed by atoms with van der Waals surface area (Å²) < 4.78 is 19.5. The molecule has 0 N–H and O–H groups in total. The normalized spacial score (nSPS) is 20.1. The molecule has 0 radical (unpaired) electrons. The van der Waals surface area contributed by atoms with Crippen molar-refractivity contribution in [3.05, 3.63) is 34.1 Å². The summed E-state index contributed by atoms with van der Waals surface area (Å²) in [6.45, 7) is 5.20. The zero-order valence-electron chi connectivity index (χ0n) is 11.6. The van der Waals surface area contributed by atoms with Crippen molar-refractivity contribution < 1.29 is 13.9 Å². The highest BCUT2D eigenvalue weighted by Crippen LogP contribution is 2.20. The lowest BCUT2D eigenvalue weighted by molar-refractivity contribution is -0.135. The molecule has 2 rings (SSSR count). The number of carbonyl (C=O) groups excluding carboxylic acids is 1. The van der Waals surface area contributed by atoms with Crippen LogP contribution in [0.5, 0.6) is 0 Å². The van der Waals surface area contributed by atoms with Crippen molar-refractivity contribution in [2.75, 3.05) is 26.2 Å². The molecule has 20 heavy (non-hydrogen) atoms. The molecule has 1 saturated heterocycles. The summed E-state index contributed by atoms with van der Waals surface area (Å²) in [5.74, 6) is -0.315. The molecule has 1 atom stereocenters. The third kappa shape index (κ3) is 4.11. The zero-order valence-corrected chi connectivity index (χ0v) is 13.2. The van der Waals surface area contributed by atoms with Crippen molar-refractivity contribution in [1.82, 2.24) is 4.90 Å². The monoisotopic (exact) mass is 343 g/mol. The summed E-state index contributed by atoms with van der Waals surface area (Å²) in [7, 11) is 0. The molecule has 1 aromatic rings. The van der Waals surface area contributed by atoms with Crippen molar-refractivity contribution in [3.8, 4) is 0 Å². The number of carbonyl (C=O) groups is 1. The molecule has 1 unspecified atom stereocenters. The van der Waals surface area contributed by atoms with Crippen molar-refractivity contribution in [2.45, 2.75) is 25.9 Å². The Bertz CT molecular complexity index is 479. The van der Waals surface area contributed by atoms with Crippen LogP contribution in [0, 0.1) is 5.82 Å². The number of hydrogen-bond acceptors (Lipinski definition) is 3. The maximum atomic E-state index is 13.2. The second-order valence-electron chi connectivity index (χ2n) is 5.04. The number of halogens is 2. The van der Waals surface area contributed by atoms with Gasteiger partial charge in [-0.3, -0.25) is 9.69 Å². The van der Waals surface area contributed by atoms with E-state index in [0.29, 0.717) is 18.7 Å². The first-order valence-corrected chi connectivity index (χ1v) is 7.70. The topological polar surface area (TPSA) is 29.5 Å². The van der Waals surface area contributed by atoms with E-state index in [1.54, 1.807) is 6.07 Å². The first kappa shape index (κ1) is 15.6. The van der Waals surface area contributed by atoms with Gasteiger partial charge in [0.2, 0.25) is 0 Å². The Kier molecular flexibility index (Phi) is 5.69. The van der Waals surface area contributed by atoms with Crippen LogP contribution in [-0.2, 0) is 16.0 Å². The molecule has 1 fully saturated rings. The average Bonchev–Trinajstić information content (AvgIpc) is 2.43. The molecule has 0 saturated carbocycles. The largest absolute Gasteiger partial charge is 0.368 e. The van der Waals surface area contributed by atoms with Crippen LogP contribution in [0.3, 0.4) is 0 Å². The van der Waals surface area contributed by atoms with Crippen LogP contribution in [-0.4, -0.2) is 43.0 Å². The average molecular weight is 344 g/mol. The Morgan fingerprint density at radius 1 is 1.55 bits per heavy atom. The minimum Gasteiger partial charge on any atom is -0.368 e. The van der Waals surface area contributed by atoms with Crippen LogP contribution in [0.25, 0.3) is 0 Å². The van der Waals surface area contributed by atoms with E-state index < -0.39 is 6.10 Å². The number of benzene rings is 1. The Balaban J connectivity index is 1.99. The first-order chi connectivity index (χ1) is 9.60. The van der Waals surface area contributed by atoms with Gasteiger partial charge in [0, 0.05) is 24.0 Å². The number of hydrogen-bond donors (Lipinski definition) is 0. The van der Waals surface area contributed by atoms with Gasteiger partial charge in [-0.25, -0.2) is 4.39 Å². The molecule has 0 spiro atoms. The SMILES string of the molecule is CCCN1CCOC(C(=O)Cc2cc(F)ccc2Br)C1. The summed E-state index contributed by atoms with van der Waals surface area (Å²) in [6, 6.07) is 4.40. The minimum atomic E-state index is -0.398. The van der Waals surface area contributed by atoms with E-state index in [2.05, 4.69) is 27.8 Å². The fourth-order valence-corrected chi connectivity index (χ4v) is 2.78. The van der Waals surface area contributed by atoms with Crippen LogP contribution in [0.15, 0.2) is 22.7 Å².